The number of rotatable bonds is 6. The van der Waals surface area contributed by atoms with Crippen molar-refractivity contribution in [2.45, 2.75) is 10.3 Å². The molecule has 1 fully saturated rings. The molecule has 1 aliphatic heterocycles. The van der Waals surface area contributed by atoms with Gasteiger partial charge < -0.3 is 9.47 Å². The number of nitrogens with zero attached hydrogens (tertiary/aromatic N) is 3. The van der Waals surface area contributed by atoms with Crippen LogP contribution in [0.15, 0.2) is 40.1 Å². The largest absolute Gasteiger partial charge is 0.353 e. The van der Waals surface area contributed by atoms with Crippen molar-refractivity contribution in [1.29, 1.82) is 0 Å². The lowest BCUT2D eigenvalue weighted by molar-refractivity contribution is 0.109. The second-order valence-corrected chi connectivity index (χ2v) is 9.12. The van der Waals surface area contributed by atoms with Crippen molar-refractivity contribution in [3.63, 3.8) is 0 Å². The number of thiophene rings is 1. The summed E-state index contributed by atoms with van der Waals surface area (Å²) in [6, 6.07) is 7.51. The molecule has 3 heterocycles. The van der Waals surface area contributed by atoms with E-state index in [1.807, 2.05) is 19.3 Å². The van der Waals surface area contributed by atoms with Crippen molar-refractivity contribution in [1.82, 2.24) is 19.1 Å². The Kier molecular flexibility index (Phi) is 5.41. The van der Waals surface area contributed by atoms with E-state index in [9.17, 15) is 8.42 Å². The third kappa shape index (κ3) is 3.89. The minimum Gasteiger partial charge on any atom is -0.353 e. The van der Waals surface area contributed by atoms with E-state index in [4.69, 9.17) is 0 Å². The summed E-state index contributed by atoms with van der Waals surface area (Å²) in [5.74, 6) is 0. The average molecular weight is 369 g/mol. The van der Waals surface area contributed by atoms with E-state index in [1.54, 1.807) is 17.5 Å². The summed E-state index contributed by atoms with van der Waals surface area (Å²) in [5, 5.41) is 1.78. The maximum absolute atomic E-state index is 12.5. The molecule has 0 amide bonds. The van der Waals surface area contributed by atoms with Gasteiger partial charge in [0.25, 0.3) is 0 Å². The van der Waals surface area contributed by atoms with Gasteiger partial charge in [-0.2, -0.15) is 0 Å². The van der Waals surface area contributed by atoms with Crippen LogP contribution in [0.2, 0.25) is 0 Å². The van der Waals surface area contributed by atoms with E-state index >= 15 is 0 Å². The van der Waals surface area contributed by atoms with Gasteiger partial charge in [0, 0.05) is 51.7 Å². The quantitative estimate of drug-likeness (QED) is 0.836. The number of piperazine rings is 1. The van der Waals surface area contributed by atoms with Gasteiger partial charge in [0.1, 0.15) is 4.21 Å². The molecule has 6 nitrogen and oxygen atoms in total. The predicted octanol–water partition coefficient (Wildman–Crippen LogP) is 1.35. The van der Waals surface area contributed by atoms with Crippen LogP contribution in [0.1, 0.15) is 11.7 Å². The van der Waals surface area contributed by atoms with Gasteiger partial charge in [0.15, 0.2) is 0 Å². The highest BCUT2D eigenvalue weighted by Crippen LogP contribution is 2.23. The van der Waals surface area contributed by atoms with E-state index in [0.29, 0.717) is 10.8 Å². The molecule has 2 aromatic heterocycles. The van der Waals surface area contributed by atoms with E-state index in [0.717, 1.165) is 31.9 Å². The number of aromatic nitrogens is 1. The first-order valence-corrected chi connectivity index (χ1v) is 10.4. The minimum atomic E-state index is -3.44. The van der Waals surface area contributed by atoms with Gasteiger partial charge in [-0.3, -0.25) is 4.90 Å². The maximum Gasteiger partial charge on any atom is 0.250 e. The summed E-state index contributed by atoms with van der Waals surface area (Å²) in [6.45, 7) is 4.25. The Morgan fingerprint density at radius 2 is 1.92 bits per heavy atom. The first-order chi connectivity index (χ1) is 11.5. The van der Waals surface area contributed by atoms with Crippen LogP contribution in [-0.4, -0.2) is 62.6 Å². The lowest BCUT2D eigenvalue weighted by Gasteiger charge is -2.38. The zero-order valence-corrected chi connectivity index (χ0v) is 15.7. The molecule has 8 heteroatoms. The van der Waals surface area contributed by atoms with Crippen LogP contribution in [0, 0.1) is 0 Å². The van der Waals surface area contributed by atoms with Gasteiger partial charge in [-0.15, -0.1) is 11.3 Å². The summed E-state index contributed by atoms with van der Waals surface area (Å²) in [4.78, 5) is 4.67. The maximum atomic E-state index is 12.5. The molecular weight excluding hydrogens is 344 g/mol. The normalized spacial score (nSPS) is 18.8. The van der Waals surface area contributed by atoms with Crippen LogP contribution >= 0.6 is 11.3 Å². The standard InChI is InChI=1S/C16H24N4O2S2/c1-18-8-10-20(11-9-18)15(14-5-3-7-19(14)2)13-17-24(21,22)16-6-4-12-23-16/h3-7,12,15,17H,8-11,13H2,1-2H3. The van der Waals surface area contributed by atoms with Crippen LogP contribution in [-0.2, 0) is 17.1 Å². The number of likely N-dealkylation sites (N-methyl/N-ethyl adjacent to an activating group) is 1. The number of hydrogen-bond donors (Lipinski definition) is 1. The third-order valence-corrected chi connectivity index (χ3v) is 7.35. The predicted molar refractivity (Wildman–Crippen MR) is 96.7 cm³/mol. The number of hydrogen-bond acceptors (Lipinski definition) is 5. The van der Waals surface area contributed by atoms with Crippen LogP contribution in [0.4, 0.5) is 0 Å². The Labute approximate surface area is 147 Å². The highest BCUT2D eigenvalue weighted by atomic mass is 32.2. The van der Waals surface area contributed by atoms with Gasteiger partial charge in [0.2, 0.25) is 10.0 Å². The first kappa shape index (κ1) is 17.6. The summed E-state index contributed by atoms with van der Waals surface area (Å²) < 4.78 is 30.1. The van der Waals surface area contributed by atoms with Gasteiger partial charge in [0.05, 0.1) is 6.04 Å². The fourth-order valence-electron chi connectivity index (χ4n) is 3.05. The summed E-state index contributed by atoms with van der Waals surface area (Å²) in [5.41, 5.74) is 1.13. The lowest BCUT2D eigenvalue weighted by Crippen LogP contribution is -2.48. The van der Waals surface area contributed by atoms with Gasteiger partial charge in [-0.25, -0.2) is 13.1 Å². The summed E-state index contributed by atoms with van der Waals surface area (Å²) >= 11 is 1.24. The minimum absolute atomic E-state index is 0.0356. The van der Waals surface area contributed by atoms with Crippen molar-refractivity contribution >= 4 is 21.4 Å². The number of nitrogens with one attached hydrogen (secondary N) is 1. The van der Waals surface area contributed by atoms with Crippen LogP contribution in [0.3, 0.4) is 0 Å². The highest BCUT2D eigenvalue weighted by Gasteiger charge is 2.27. The van der Waals surface area contributed by atoms with E-state index in [1.165, 1.54) is 11.3 Å². The molecule has 1 unspecified atom stereocenters. The molecule has 1 saturated heterocycles. The highest BCUT2D eigenvalue weighted by molar-refractivity contribution is 7.91. The molecule has 0 aliphatic carbocycles. The molecule has 0 aromatic carbocycles. The van der Waals surface area contributed by atoms with Crippen LogP contribution < -0.4 is 4.72 Å². The van der Waals surface area contributed by atoms with Crippen molar-refractivity contribution in [2.24, 2.45) is 7.05 Å². The Morgan fingerprint density at radius 3 is 2.50 bits per heavy atom. The molecule has 132 valence electrons. The molecule has 3 rings (SSSR count). The lowest BCUT2D eigenvalue weighted by atomic mass is 10.1. The van der Waals surface area contributed by atoms with Crippen LogP contribution in [0.25, 0.3) is 0 Å². The van der Waals surface area contributed by atoms with Gasteiger partial charge in [-0.1, -0.05) is 6.07 Å². The SMILES string of the molecule is CN1CCN(C(CNS(=O)(=O)c2cccs2)c2cccn2C)CC1. The fraction of sp³-hybridized carbons (Fsp3) is 0.500. The third-order valence-electron chi connectivity index (χ3n) is 4.53. The molecule has 0 spiro atoms. The van der Waals surface area contributed by atoms with Crippen molar-refractivity contribution in [3.8, 4) is 0 Å². The molecule has 24 heavy (non-hydrogen) atoms. The average Bonchev–Trinajstić information content (AvgIpc) is 3.22. The molecule has 1 atom stereocenters. The Balaban J connectivity index is 1.77. The Hall–Kier alpha value is -1.19. The molecular formula is C16H24N4O2S2. The Morgan fingerprint density at radius 1 is 1.17 bits per heavy atom. The molecule has 2 aromatic rings. The number of sulfonamides is 1. The van der Waals surface area contributed by atoms with Gasteiger partial charge in [-0.05, 0) is 30.6 Å². The van der Waals surface area contributed by atoms with E-state index in [-0.39, 0.29) is 6.04 Å². The zero-order chi connectivity index (χ0) is 17.2. The van der Waals surface area contributed by atoms with E-state index < -0.39 is 10.0 Å². The summed E-state index contributed by atoms with van der Waals surface area (Å²) in [7, 11) is 0.682. The van der Waals surface area contributed by atoms with Gasteiger partial charge >= 0.3 is 0 Å². The molecule has 0 bridgehead atoms. The van der Waals surface area contributed by atoms with E-state index in [2.05, 4.69) is 32.2 Å². The van der Waals surface area contributed by atoms with Crippen LogP contribution in [0.5, 0.6) is 0 Å². The smallest absolute Gasteiger partial charge is 0.250 e. The molecule has 1 aliphatic rings. The molecule has 0 saturated carbocycles. The second-order valence-electron chi connectivity index (χ2n) is 6.18. The topological polar surface area (TPSA) is 57.6 Å². The Bertz CT molecular complexity index is 747. The summed E-state index contributed by atoms with van der Waals surface area (Å²) in [6.07, 6.45) is 2.01. The zero-order valence-electron chi connectivity index (χ0n) is 14.1. The number of aryl methyl sites for hydroxylation is 1. The van der Waals surface area contributed by atoms with Crippen molar-refractivity contribution in [2.75, 3.05) is 39.8 Å². The molecule has 1 N–H and O–H groups in total. The molecule has 0 radical (unpaired) electrons. The monoisotopic (exact) mass is 368 g/mol. The van der Waals surface area contributed by atoms with Crippen molar-refractivity contribution < 1.29 is 8.42 Å². The van der Waals surface area contributed by atoms with Crippen molar-refractivity contribution in [3.05, 3.63) is 41.5 Å². The second kappa shape index (κ2) is 7.37. The fourth-order valence-corrected chi connectivity index (χ4v) is 5.13. The first-order valence-electron chi connectivity index (χ1n) is 8.04.